The van der Waals surface area contributed by atoms with Crippen molar-refractivity contribution >= 4 is 6.09 Å². The number of carbonyl (C=O) groups excluding carboxylic acids is 1. The van der Waals surface area contributed by atoms with Crippen LogP contribution in [0.4, 0.5) is 9.18 Å². The summed E-state index contributed by atoms with van der Waals surface area (Å²) in [5.41, 5.74) is 1.79. The van der Waals surface area contributed by atoms with Crippen LogP contribution in [-0.2, 0) is 11.2 Å². The fourth-order valence-electron chi connectivity index (χ4n) is 1.52. The maximum atomic E-state index is 11.8. The van der Waals surface area contributed by atoms with Crippen molar-refractivity contribution < 1.29 is 18.4 Å². The lowest BCUT2D eigenvalue weighted by Gasteiger charge is -2.13. The SMILES string of the molecule is Cc1noc(C)c1C[C@@H](C)NC(=O)OCCF. The van der Waals surface area contributed by atoms with Crippen molar-refractivity contribution in [1.29, 1.82) is 0 Å². The second-order valence-electron chi connectivity index (χ2n) is 3.88. The summed E-state index contributed by atoms with van der Waals surface area (Å²) < 4.78 is 21.4. The fraction of sp³-hybridized carbons (Fsp3) is 0.636. The number of nitrogens with zero attached hydrogens (tertiary/aromatic N) is 1. The largest absolute Gasteiger partial charge is 0.447 e. The van der Waals surface area contributed by atoms with Crippen molar-refractivity contribution in [2.24, 2.45) is 0 Å². The molecule has 1 N–H and O–H groups in total. The van der Waals surface area contributed by atoms with Gasteiger partial charge in [-0.2, -0.15) is 0 Å². The molecule has 0 bridgehead atoms. The van der Waals surface area contributed by atoms with E-state index in [4.69, 9.17) is 4.52 Å². The lowest BCUT2D eigenvalue weighted by Crippen LogP contribution is -2.35. The molecule has 1 atom stereocenters. The molecule has 0 radical (unpaired) electrons. The topological polar surface area (TPSA) is 64.4 Å². The van der Waals surface area contributed by atoms with Gasteiger partial charge in [0.05, 0.1) is 5.69 Å². The maximum absolute atomic E-state index is 11.8. The zero-order chi connectivity index (χ0) is 12.8. The fourth-order valence-corrected chi connectivity index (χ4v) is 1.52. The second-order valence-corrected chi connectivity index (χ2v) is 3.88. The van der Waals surface area contributed by atoms with Crippen molar-refractivity contribution in [2.75, 3.05) is 13.3 Å². The number of rotatable bonds is 5. The highest BCUT2D eigenvalue weighted by molar-refractivity contribution is 5.67. The Morgan fingerprint density at radius 2 is 2.29 bits per heavy atom. The number of carbonyl (C=O) groups is 1. The number of amides is 1. The molecule has 0 aromatic carbocycles. The molecule has 1 rings (SSSR count). The average molecular weight is 244 g/mol. The van der Waals surface area contributed by atoms with Gasteiger partial charge in [-0.3, -0.25) is 0 Å². The first-order valence-corrected chi connectivity index (χ1v) is 5.45. The zero-order valence-electron chi connectivity index (χ0n) is 10.2. The van der Waals surface area contributed by atoms with E-state index in [0.29, 0.717) is 6.42 Å². The molecule has 0 aliphatic carbocycles. The summed E-state index contributed by atoms with van der Waals surface area (Å²) in [4.78, 5) is 11.2. The van der Waals surface area contributed by atoms with E-state index in [1.807, 2.05) is 20.8 Å². The maximum Gasteiger partial charge on any atom is 0.407 e. The number of aromatic nitrogens is 1. The molecule has 5 nitrogen and oxygen atoms in total. The van der Waals surface area contributed by atoms with Gasteiger partial charge in [-0.05, 0) is 27.2 Å². The lowest BCUT2D eigenvalue weighted by atomic mass is 10.1. The van der Waals surface area contributed by atoms with Crippen LogP contribution >= 0.6 is 0 Å². The Morgan fingerprint density at radius 3 is 2.82 bits per heavy atom. The van der Waals surface area contributed by atoms with E-state index in [1.54, 1.807) is 0 Å². The number of alkyl halides is 1. The molecule has 0 aliphatic heterocycles. The molecule has 1 heterocycles. The standard InChI is InChI=1S/C11H17FN2O3/c1-7(13-11(15)16-5-4-12)6-10-8(2)14-17-9(10)3/h7H,4-6H2,1-3H3,(H,13,15)/t7-/m1/s1. The van der Waals surface area contributed by atoms with E-state index >= 15 is 0 Å². The van der Waals surface area contributed by atoms with Crippen molar-refractivity contribution in [2.45, 2.75) is 33.2 Å². The van der Waals surface area contributed by atoms with Crippen LogP contribution in [0.2, 0.25) is 0 Å². The number of alkyl carbamates (subject to hydrolysis) is 1. The van der Waals surface area contributed by atoms with E-state index in [1.165, 1.54) is 0 Å². The molecule has 0 saturated heterocycles. The van der Waals surface area contributed by atoms with Crippen LogP contribution in [-0.4, -0.2) is 30.6 Å². The molecule has 0 unspecified atom stereocenters. The Hall–Kier alpha value is -1.59. The van der Waals surface area contributed by atoms with Crippen LogP contribution in [0.25, 0.3) is 0 Å². The van der Waals surface area contributed by atoms with Crippen LogP contribution in [0, 0.1) is 13.8 Å². The molecule has 0 saturated carbocycles. The third-order valence-corrected chi connectivity index (χ3v) is 2.37. The summed E-state index contributed by atoms with van der Waals surface area (Å²) in [5.74, 6) is 0.744. The number of nitrogens with one attached hydrogen (secondary N) is 1. The summed E-state index contributed by atoms with van der Waals surface area (Å²) in [6.45, 7) is 4.61. The molecule has 17 heavy (non-hydrogen) atoms. The predicted molar refractivity (Wildman–Crippen MR) is 59.6 cm³/mol. The third kappa shape index (κ3) is 4.05. The summed E-state index contributed by atoms with van der Waals surface area (Å²) in [5, 5.41) is 6.44. The Bertz CT molecular complexity index is 359. The number of aryl methyl sites for hydroxylation is 2. The monoisotopic (exact) mass is 244 g/mol. The highest BCUT2D eigenvalue weighted by atomic mass is 19.1. The molecule has 0 fully saturated rings. The van der Waals surface area contributed by atoms with Gasteiger partial charge in [-0.15, -0.1) is 0 Å². The minimum absolute atomic E-state index is 0.126. The molecule has 1 aromatic rings. The Labute approximate surface area is 99.3 Å². The molecular formula is C11H17FN2O3. The van der Waals surface area contributed by atoms with Gasteiger partial charge in [-0.25, -0.2) is 9.18 Å². The first-order chi connectivity index (χ1) is 8.04. The van der Waals surface area contributed by atoms with Crippen LogP contribution in [0.3, 0.4) is 0 Å². The zero-order valence-corrected chi connectivity index (χ0v) is 10.2. The molecule has 1 amide bonds. The van der Waals surface area contributed by atoms with Crippen LogP contribution in [0.1, 0.15) is 23.9 Å². The van der Waals surface area contributed by atoms with Gasteiger partial charge in [0.1, 0.15) is 19.0 Å². The quantitative estimate of drug-likeness (QED) is 0.859. The van der Waals surface area contributed by atoms with Gasteiger partial charge in [0.2, 0.25) is 0 Å². The van der Waals surface area contributed by atoms with Gasteiger partial charge in [0, 0.05) is 11.6 Å². The van der Waals surface area contributed by atoms with Crippen LogP contribution in [0.5, 0.6) is 0 Å². The van der Waals surface area contributed by atoms with E-state index in [9.17, 15) is 9.18 Å². The van der Waals surface area contributed by atoms with E-state index in [0.717, 1.165) is 17.0 Å². The second kappa shape index (κ2) is 6.22. The number of hydrogen-bond donors (Lipinski definition) is 1. The van der Waals surface area contributed by atoms with E-state index in [-0.39, 0.29) is 12.6 Å². The number of ether oxygens (including phenoxy) is 1. The molecule has 0 spiro atoms. The first-order valence-electron chi connectivity index (χ1n) is 5.45. The lowest BCUT2D eigenvalue weighted by molar-refractivity contribution is 0.134. The third-order valence-electron chi connectivity index (χ3n) is 2.37. The van der Waals surface area contributed by atoms with Gasteiger partial charge >= 0.3 is 6.09 Å². The molecule has 96 valence electrons. The normalized spacial score (nSPS) is 12.2. The van der Waals surface area contributed by atoms with Crippen molar-refractivity contribution in [3.05, 3.63) is 17.0 Å². The first kappa shape index (κ1) is 13.5. The molecular weight excluding hydrogens is 227 g/mol. The van der Waals surface area contributed by atoms with Crippen molar-refractivity contribution in [1.82, 2.24) is 10.5 Å². The highest BCUT2D eigenvalue weighted by Crippen LogP contribution is 2.14. The van der Waals surface area contributed by atoms with Crippen LogP contribution < -0.4 is 5.32 Å². The van der Waals surface area contributed by atoms with Crippen molar-refractivity contribution in [3.63, 3.8) is 0 Å². The minimum atomic E-state index is -0.675. The van der Waals surface area contributed by atoms with Gasteiger partial charge in [0.15, 0.2) is 0 Å². The average Bonchev–Trinajstić information content (AvgIpc) is 2.58. The van der Waals surface area contributed by atoms with Crippen LogP contribution in [0.15, 0.2) is 4.52 Å². The summed E-state index contributed by atoms with van der Waals surface area (Å²) in [6, 6.07) is -0.126. The minimum Gasteiger partial charge on any atom is -0.447 e. The Morgan fingerprint density at radius 1 is 1.59 bits per heavy atom. The van der Waals surface area contributed by atoms with Gasteiger partial charge in [0.25, 0.3) is 0 Å². The van der Waals surface area contributed by atoms with E-state index < -0.39 is 12.8 Å². The number of hydrogen-bond acceptors (Lipinski definition) is 4. The van der Waals surface area contributed by atoms with Crippen molar-refractivity contribution in [3.8, 4) is 0 Å². The summed E-state index contributed by atoms with van der Waals surface area (Å²) in [6.07, 6.45) is -0.00628. The highest BCUT2D eigenvalue weighted by Gasteiger charge is 2.14. The number of halogens is 1. The van der Waals surface area contributed by atoms with E-state index in [2.05, 4.69) is 15.2 Å². The Kier molecular flexibility index (Phi) is 4.93. The van der Waals surface area contributed by atoms with Gasteiger partial charge in [-0.1, -0.05) is 5.16 Å². The van der Waals surface area contributed by atoms with Gasteiger partial charge < -0.3 is 14.6 Å². The Balaban J connectivity index is 2.44. The smallest absolute Gasteiger partial charge is 0.407 e. The molecule has 1 aromatic heterocycles. The predicted octanol–water partition coefficient (Wildman–Crippen LogP) is 1.92. The summed E-state index contributed by atoms with van der Waals surface area (Å²) >= 11 is 0. The molecule has 0 aliphatic rings. The molecule has 6 heteroatoms. The summed E-state index contributed by atoms with van der Waals surface area (Å²) in [7, 11) is 0.